The van der Waals surface area contributed by atoms with Gasteiger partial charge in [0.25, 0.3) is 0 Å². The van der Waals surface area contributed by atoms with E-state index < -0.39 is 5.60 Å². The fraction of sp³-hybridized carbons (Fsp3) is 0.579. The fourth-order valence-electron chi connectivity index (χ4n) is 2.92. The molecule has 0 saturated carbocycles. The molecule has 0 aliphatic carbocycles. The molecule has 2 rings (SSSR count). The number of amides is 1. The van der Waals surface area contributed by atoms with Crippen molar-refractivity contribution in [3.63, 3.8) is 0 Å². The quantitative estimate of drug-likeness (QED) is 0.357. The smallest absolute Gasteiger partial charge is 0.407 e. The number of halogens is 2. The van der Waals surface area contributed by atoms with Gasteiger partial charge in [-0.1, -0.05) is 17.7 Å². The monoisotopic (exact) mass is 524 g/mol. The Bertz CT molecular complexity index is 694. The van der Waals surface area contributed by atoms with Crippen molar-refractivity contribution in [2.75, 3.05) is 27.2 Å². The fourth-order valence-corrected chi connectivity index (χ4v) is 3.08. The number of alkyl carbamates (subject to hydrolysis) is 1. The van der Waals surface area contributed by atoms with Gasteiger partial charge in [-0.2, -0.15) is 0 Å². The summed E-state index contributed by atoms with van der Waals surface area (Å²) in [4.78, 5) is 18.4. The maximum absolute atomic E-state index is 11.9. The highest BCUT2D eigenvalue weighted by atomic mass is 127. The van der Waals surface area contributed by atoms with Crippen LogP contribution in [0.2, 0.25) is 5.02 Å². The third-order valence-corrected chi connectivity index (χ3v) is 4.34. The molecular weight excluding hydrogens is 495 g/mol. The molecular formula is C19H30ClIN4O3. The van der Waals surface area contributed by atoms with Crippen molar-refractivity contribution in [2.24, 2.45) is 4.99 Å². The van der Waals surface area contributed by atoms with Crippen molar-refractivity contribution in [3.05, 3.63) is 28.8 Å². The predicted molar refractivity (Wildman–Crippen MR) is 123 cm³/mol. The second-order valence-electron chi connectivity index (χ2n) is 7.43. The molecule has 1 unspecified atom stereocenters. The number of guanidine groups is 1. The molecule has 0 aromatic heterocycles. The van der Waals surface area contributed by atoms with E-state index in [9.17, 15) is 4.79 Å². The van der Waals surface area contributed by atoms with E-state index in [2.05, 4.69) is 20.5 Å². The number of methoxy groups -OCH3 is 1. The van der Waals surface area contributed by atoms with E-state index in [1.54, 1.807) is 20.2 Å². The predicted octanol–water partition coefficient (Wildman–Crippen LogP) is 3.64. The van der Waals surface area contributed by atoms with E-state index in [1.807, 2.05) is 32.9 Å². The average Bonchev–Trinajstić information content (AvgIpc) is 3.02. The number of carbonyl (C=O) groups is 1. The number of ether oxygens (including phenoxy) is 2. The molecule has 1 saturated heterocycles. The molecule has 0 bridgehead atoms. The molecule has 2 N–H and O–H groups in total. The van der Waals surface area contributed by atoms with Crippen LogP contribution >= 0.6 is 35.6 Å². The Hall–Kier alpha value is -1.42. The second kappa shape index (κ2) is 10.9. The summed E-state index contributed by atoms with van der Waals surface area (Å²) >= 11 is 6.01. The lowest BCUT2D eigenvalue weighted by molar-refractivity contribution is 0.0507. The molecule has 1 aliphatic rings. The Morgan fingerprint density at radius 2 is 2.11 bits per heavy atom. The number of benzene rings is 1. The van der Waals surface area contributed by atoms with E-state index in [0.29, 0.717) is 18.1 Å². The highest BCUT2D eigenvalue weighted by Crippen LogP contribution is 2.23. The highest BCUT2D eigenvalue weighted by Gasteiger charge is 2.27. The first-order valence-corrected chi connectivity index (χ1v) is 9.37. The summed E-state index contributed by atoms with van der Waals surface area (Å²) in [7, 11) is 3.37. The Morgan fingerprint density at radius 1 is 1.39 bits per heavy atom. The van der Waals surface area contributed by atoms with Crippen molar-refractivity contribution in [3.8, 4) is 5.75 Å². The van der Waals surface area contributed by atoms with Crippen molar-refractivity contribution in [1.82, 2.24) is 15.5 Å². The van der Waals surface area contributed by atoms with Gasteiger partial charge in [-0.3, -0.25) is 4.99 Å². The van der Waals surface area contributed by atoms with Gasteiger partial charge in [-0.25, -0.2) is 4.79 Å². The summed E-state index contributed by atoms with van der Waals surface area (Å²) < 4.78 is 10.7. The Morgan fingerprint density at radius 3 is 2.71 bits per heavy atom. The Balaban J connectivity index is 0.00000392. The van der Waals surface area contributed by atoms with Gasteiger partial charge in [0, 0.05) is 37.3 Å². The van der Waals surface area contributed by atoms with E-state index in [1.165, 1.54) is 0 Å². The van der Waals surface area contributed by atoms with Gasteiger partial charge < -0.3 is 25.0 Å². The molecule has 1 aliphatic heterocycles. The number of carbonyl (C=O) groups excluding carboxylic acids is 1. The van der Waals surface area contributed by atoms with Crippen LogP contribution in [0.25, 0.3) is 0 Å². The average molecular weight is 525 g/mol. The standard InChI is InChI=1S/C19H29ClN4O3.HI/c1-19(2,3)27-18(25)23-15-8-9-24(12-15)17(21-4)22-11-13-6-7-14(20)10-16(13)26-5;/h6-7,10,15H,8-9,11-12H2,1-5H3,(H,21,22)(H,23,25);1H. The summed E-state index contributed by atoms with van der Waals surface area (Å²) in [5.74, 6) is 1.51. The summed E-state index contributed by atoms with van der Waals surface area (Å²) in [5.41, 5.74) is 0.489. The van der Waals surface area contributed by atoms with Gasteiger partial charge >= 0.3 is 6.09 Å². The molecule has 0 spiro atoms. The second-order valence-corrected chi connectivity index (χ2v) is 7.87. The summed E-state index contributed by atoms with van der Waals surface area (Å²) in [6.07, 6.45) is 0.452. The molecule has 1 heterocycles. The Labute approximate surface area is 189 Å². The third kappa shape index (κ3) is 7.54. The molecule has 1 aromatic rings. The number of rotatable bonds is 4. The molecule has 1 atom stereocenters. The van der Waals surface area contributed by atoms with E-state index in [-0.39, 0.29) is 36.1 Å². The maximum Gasteiger partial charge on any atom is 0.407 e. The van der Waals surface area contributed by atoms with Gasteiger partial charge in [0.15, 0.2) is 5.96 Å². The minimum Gasteiger partial charge on any atom is -0.496 e. The number of hydrogen-bond donors (Lipinski definition) is 2. The topological polar surface area (TPSA) is 75.2 Å². The number of likely N-dealkylation sites (tertiary alicyclic amines) is 1. The lowest BCUT2D eigenvalue weighted by atomic mass is 10.2. The summed E-state index contributed by atoms with van der Waals surface area (Å²) in [5, 5.41) is 6.90. The highest BCUT2D eigenvalue weighted by molar-refractivity contribution is 14.0. The normalized spacial score (nSPS) is 17.0. The van der Waals surface area contributed by atoms with Gasteiger partial charge in [-0.05, 0) is 39.3 Å². The third-order valence-electron chi connectivity index (χ3n) is 4.11. The van der Waals surface area contributed by atoms with Gasteiger partial charge in [0.2, 0.25) is 0 Å². The zero-order valence-corrected chi connectivity index (χ0v) is 20.1. The van der Waals surface area contributed by atoms with Crippen LogP contribution in [0, 0.1) is 0 Å². The SMILES string of the molecule is CN=C(NCc1ccc(Cl)cc1OC)N1CCC(NC(=O)OC(C)(C)C)C1.I. The van der Waals surface area contributed by atoms with Gasteiger partial charge in [-0.15, -0.1) is 24.0 Å². The maximum atomic E-state index is 11.9. The van der Waals surface area contributed by atoms with Crippen LogP contribution in [-0.2, 0) is 11.3 Å². The summed E-state index contributed by atoms with van der Waals surface area (Å²) in [6.45, 7) is 7.60. The number of nitrogens with one attached hydrogen (secondary N) is 2. The number of hydrogen-bond acceptors (Lipinski definition) is 4. The number of nitrogens with zero attached hydrogens (tertiary/aromatic N) is 2. The van der Waals surface area contributed by atoms with Crippen LogP contribution < -0.4 is 15.4 Å². The van der Waals surface area contributed by atoms with Crippen LogP contribution in [0.15, 0.2) is 23.2 Å². The zero-order valence-electron chi connectivity index (χ0n) is 17.0. The Kier molecular flexibility index (Phi) is 9.62. The number of aliphatic imine (C=N–C) groups is 1. The molecule has 9 heteroatoms. The van der Waals surface area contributed by atoms with Crippen LogP contribution in [0.1, 0.15) is 32.8 Å². The lowest BCUT2D eigenvalue weighted by Gasteiger charge is -2.23. The lowest BCUT2D eigenvalue weighted by Crippen LogP contribution is -2.44. The van der Waals surface area contributed by atoms with Crippen molar-refractivity contribution < 1.29 is 14.3 Å². The van der Waals surface area contributed by atoms with Crippen molar-refractivity contribution in [2.45, 2.75) is 45.4 Å². The first-order chi connectivity index (χ1) is 12.7. The molecule has 1 amide bonds. The van der Waals surface area contributed by atoms with E-state index in [0.717, 1.165) is 30.2 Å². The van der Waals surface area contributed by atoms with Gasteiger partial charge in [0.1, 0.15) is 11.4 Å². The molecule has 0 radical (unpaired) electrons. The van der Waals surface area contributed by atoms with Gasteiger partial charge in [0.05, 0.1) is 13.2 Å². The van der Waals surface area contributed by atoms with Crippen LogP contribution in [0.5, 0.6) is 5.75 Å². The summed E-state index contributed by atoms with van der Waals surface area (Å²) in [6, 6.07) is 5.58. The molecule has 7 nitrogen and oxygen atoms in total. The minimum absolute atomic E-state index is 0. The first kappa shape index (κ1) is 24.6. The largest absolute Gasteiger partial charge is 0.496 e. The van der Waals surface area contributed by atoms with Crippen molar-refractivity contribution >= 4 is 47.6 Å². The van der Waals surface area contributed by atoms with E-state index in [4.69, 9.17) is 21.1 Å². The first-order valence-electron chi connectivity index (χ1n) is 8.99. The molecule has 158 valence electrons. The van der Waals surface area contributed by atoms with E-state index >= 15 is 0 Å². The van der Waals surface area contributed by atoms with Crippen LogP contribution in [0.4, 0.5) is 4.79 Å². The minimum atomic E-state index is -0.502. The van der Waals surface area contributed by atoms with Crippen LogP contribution in [0.3, 0.4) is 0 Å². The zero-order chi connectivity index (χ0) is 20.0. The van der Waals surface area contributed by atoms with Crippen molar-refractivity contribution in [1.29, 1.82) is 0 Å². The molecule has 1 aromatic carbocycles. The molecule has 28 heavy (non-hydrogen) atoms. The van der Waals surface area contributed by atoms with Crippen LogP contribution in [-0.4, -0.2) is 55.8 Å². The molecule has 1 fully saturated rings.